The van der Waals surface area contributed by atoms with E-state index in [1.807, 2.05) is 6.92 Å². The standard InChI is InChI=1S/C12H15FN2O/c1-8(6-9-2-3-9)15-12(16)10-4-5-14-11(13)7-10/h4-5,7-9H,2-3,6H2,1H3,(H,15,16). The quantitative estimate of drug-likeness (QED) is 0.793. The molecule has 1 aromatic heterocycles. The van der Waals surface area contributed by atoms with Crippen LogP contribution in [0.5, 0.6) is 0 Å². The Morgan fingerprint density at radius 2 is 2.44 bits per heavy atom. The van der Waals surface area contributed by atoms with Crippen LogP contribution < -0.4 is 5.32 Å². The topological polar surface area (TPSA) is 42.0 Å². The second kappa shape index (κ2) is 4.60. The highest BCUT2D eigenvalue weighted by atomic mass is 19.1. The fraction of sp³-hybridized carbons (Fsp3) is 0.500. The maximum absolute atomic E-state index is 12.8. The molecule has 4 heteroatoms. The molecule has 1 fully saturated rings. The van der Waals surface area contributed by atoms with Gasteiger partial charge in [0.1, 0.15) is 0 Å². The molecule has 2 rings (SSSR count). The van der Waals surface area contributed by atoms with Crippen LogP contribution >= 0.6 is 0 Å². The van der Waals surface area contributed by atoms with Crippen LogP contribution in [0.3, 0.4) is 0 Å². The van der Waals surface area contributed by atoms with Crippen LogP contribution in [0.2, 0.25) is 0 Å². The van der Waals surface area contributed by atoms with E-state index < -0.39 is 5.95 Å². The van der Waals surface area contributed by atoms with Crippen molar-refractivity contribution in [2.45, 2.75) is 32.2 Å². The number of carbonyl (C=O) groups excluding carboxylic acids is 1. The van der Waals surface area contributed by atoms with Crippen LogP contribution in [0.25, 0.3) is 0 Å². The highest BCUT2D eigenvalue weighted by Crippen LogP contribution is 2.33. The van der Waals surface area contributed by atoms with Gasteiger partial charge in [-0.25, -0.2) is 4.98 Å². The van der Waals surface area contributed by atoms with Crippen molar-refractivity contribution >= 4 is 5.91 Å². The van der Waals surface area contributed by atoms with Crippen molar-refractivity contribution in [3.05, 3.63) is 29.8 Å². The predicted molar refractivity (Wildman–Crippen MR) is 58.5 cm³/mol. The van der Waals surface area contributed by atoms with Gasteiger partial charge in [-0.15, -0.1) is 0 Å². The van der Waals surface area contributed by atoms with E-state index in [1.165, 1.54) is 25.1 Å². The molecule has 0 aliphatic heterocycles. The summed E-state index contributed by atoms with van der Waals surface area (Å²) in [4.78, 5) is 15.1. The van der Waals surface area contributed by atoms with Crippen LogP contribution in [-0.2, 0) is 0 Å². The molecule has 3 nitrogen and oxygen atoms in total. The first-order valence-electron chi connectivity index (χ1n) is 5.57. The smallest absolute Gasteiger partial charge is 0.251 e. The first kappa shape index (κ1) is 11.0. The summed E-state index contributed by atoms with van der Waals surface area (Å²) in [5.41, 5.74) is 0.329. The summed E-state index contributed by atoms with van der Waals surface area (Å²) in [6.45, 7) is 1.98. The lowest BCUT2D eigenvalue weighted by molar-refractivity contribution is 0.0936. The van der Waals surface area contributed by atoms with Gasteiger partial charge in [0.05, 0.1) is 0 Å². The van der Waals surface area contributed by atoms with E-state index in [9.17, 15) is 9.18 Å². The summed E-state index contributed by atoms with van der Waals surface area (Å²) in [5, 5.41) is 2.86. The maximum atomic E-state index is 12.8. The van der Waals surface area contributed by atoms with E-state index in [0.717, 1.165) is 18.4 Å². The SMILES string of the molecule is CC(CC1CC1)NC(=O)c1ccnc(F)c1. The molecule has 1 atom stereocenters. The molecule has 1 aromatic rings. The maximum Gasteiger partial charge on any atom is 0.251 e. The molecule has 16 heavy (non-hydrogen) atoms. The highest BCUT2D eigenvalue weighted by Gasteiger charge is 2.24. The van der Waals surface area contributed by atoms with Crippen LogP contribution in [0.4, 0.5) is 4.39 Å². The summed E-state index contributed by atoms with van der Waals surface area (Å²) < 4.78 is 12.8. The van der Waals surface area contributed by atoms with E-state index in [1.54, 1.807) is 0 Å². The number of hydrogen-bond acceptors (Lipinski definition) is 2. The van der Waals surface area contributed by atoms with Gasteiger partial charge in [-0.3, -0.25) is 4.79 Å². The van der Waals surface area contributed by atoms with Crippen LogP contribution in [-0.4, -0.2) is 16.9 Å². The second-order valence-corrected chi connectivity index (χ2v) is 4.42. The summed E-state index contributed by atoms with van der Waals surface area (Å²) in [7, 11) is 0. The van der Waals surface area contributed by atoms with E-state index in [2.05, 4.69) is 10.3 Å². The van der Waals surface area contributed by atoms with Gasteiger partial charge in [0.2, 0.25) is 5.95 Å². The third-order valence-electron chi connectivity index (χ3n) is 2.75. The average molecular weight is 222 g/mol. The van der Waals surface area contributed by atoms with Gasteiger partial charge in [0.25, 0.3) is 5.91 Å². The molecule has 0 aromatic carbocycles. The first-order valence-corrected chi connectivity index (χ1v) is 5.57. The minimum absolute atomic E-state index is 0.149. The van der Waals surface area contributed by atoms with Crippen LogP contribution in [0.15, 0.2) is 18.3 Å². The van der Waals surface area contributed by atoms with Gasteiger partial charge in [0, 0.05) is 23.9 Å². The lowest BCUT2D eigenvalue weighted by Crippen LogP contribution is -2.32. The highest BCUT2D eigenvalue weighted by molar-refractivity contribution is 5.94. The zero-order valence-electron chi connectivity index (χ0n) is 9.24. The lowest BCUT2D eigenvalue weighted by atomic mass is 10.1. The van der Waals surface area contributed by atoms with Gasteiger partial charge in [-0.1, -0.05) is 12.8 Å². The monoisotopic (exact) mass is 222 g/mol. The Labute approximate surface area is 94.1 Å². The van der Waals surface area contributed by atoms with Crippen LogP contribution in [0, 0.1) is 11.9 Å². The number of hydrogen-bond donors (Lipinski definition) is 1. The Morgan fingerprint density at radius 1 is 1.69 bits per heavy atom. The molecular weight excluding hydrogens is 207 g/mol. The predicted octanol–water partition coefficient (Wildman–Crippen LogP) is 2.14. The second-order valence-electron chi connectivity index (χ2n) is 4.42. The molecule has 0 radical (unpaired) electrons. The number of nitrogens with one attached hydrogen (secondary N) is 1. The zero-order valence-corrected chi connectivity index (χ0v) is 9.24. The van der Waals surface area contributed by atoms with Gasteiger partial charge < -0.3 is 5.32 Å². The third-order valence-corrected chi connectivity index (χ3v) is 2.75. The van der Waals surface area contributed by atoms with Crippen molar-refractivity contribution in [2.24, 2.45) is 5.92 Å². The Hall–Kier alpha value is -1.45. The van der Waals surface area contributed by atoms with Crippen molar-refractivity contribution in [2.75, 3.05) is 0 Å². The number of rotatable bonds is 4. The number of pyridine rings is 1. The van der Waals surface area contributed by atoms with E-state index in [-0.39, 0.29) is 11.9 Å². The van der Waals surface area contributed by atoms with Crippen molar-refractivity contribution in [3.8, 4) is 0 Å². The van der Waals surface area contributed by atoms with Gasteiger partial charge >= 0.3 is 0 Å². The summed E-state index contributed by atoms with van der Waals surface area (Å²) in [6.07, 6.45) is 4.85. The lowest BCUT2D eigenvalue weighted by Gasteiger charge is -2.13. The molecule has 1 amide bonds. The molecule has 1 aliphatic carbocycles. The molecule has 1 N–H and O–H groups in total. The van der Waals surface area contributed by atoms with Gasteiger partial charge in [0.15, 0.2) is 0 Å². The zero-order chi connectivity index (χ0) is 11.5. The van der Waals surface area contributed by atoms with Gasteiger partial charge in [-0.2, -0.15) is 4.39 Å². The molecule has 0 bridgehead atoms. The van der Waals surface area contributed by atoms with E-state index in [4.69, 9.17) is 0 Å². The number of carbonyl (C=O) groups is 1. The minimum Gasteiger partial charge on any atom is -0.350 e. The Morgan fingerprint density at radius 3 is 3.06 bits per heavy atom. The van der Waals surface area contributed by atoms with E-state index in [0.29, 0.717) is 5.56 Å². The molecule has 0 spiro atoms. The van der Waals surface area contributed by atoms with Crippen molar-refractivity contribution in [3.63, 3.8) is 0 Å². The Kier molecular flexibility index (Phi) is 3.17. The Bertz CT molecular complexity index is 390. The van der Waals surface area contributed by atoms with Crippen LogP contribution in [0.1, 0.15) is 36.5 Å². The van der Waals surface area contributed by atoms with Gasteiger partial charge in [-0.05, 0) is 25.3 Å². The normalized spacial score (nSPS) is 16.9. The Balaban J connectivity index is 1.91. The molecule has 1 saturated carbocycles. The molecule has 1 heterocycles. The summed E-state index contributed by atoms with van der Waals surface area (Å²) >= 11 is 0. The molecule has 1 aliphatic rings. The average Bonchev–Trinajstić information content (AvgIpc) is 3.01. The van der Waals surface area contributed by atoms with Crippen molar-refractivity contribution in [1.82, 2.24) is 10.3 Å². The largest absolute Gasteiger partial charge is 0.350 e. The number of halogens is 1. The van der Waals surface area contributed by atoms with Crippen molar-refractivity contribution < 1.29 is 9.18 Å². The van der Waals surface area contributed by atoms with Crippen molar-refractivity contribution in [1.29, 1.82) is 0 Å². The number of amides is 1. The summed E-state index contributed by atoms with van der Waals surface area (Å²) in [5.74, 6) is -0.0820. The minimum atomic E-state index is -0.623. The molecule has 0 saturated heterocycles. The summed E-state index contributed by atoms with van der Waals surface area (Å²) in [6, 6.07) is 2.82. The molecule has 1 unspecified atom stereocenters. The first-order chi connectivity index (χ1) is 7.65. The van der Waals surface area contributed by atoms with E-state index >= 15 is 0 Å². The fourth-order valence-electron chi connectivity index (χ4n) is 1.76. The molecule has 86 valence electrons. The number of nitrogens with zero attached hydrogens (tertiary/aromatic N) is 1. The molecular formula is C12H15FN2O. The number of aromatic nitrogens is 1. The third kappa shape index (κ3) is 3.02. The fourth-order valence-corrected chi connectivity index (χ4v) is 1.76.